The molecule has 0 saturated carbocycles. The molecule has 0 aliphatic carbocycles. The Kier molecular flexibility index (Phi) is 2.96. The van der Waals surface area contributed by atoms with Crippen LogP contribution >= 0.6 is 11.3 Å². The molecule has 2 rings (SSSR count). The molecule has 70 valence electrons. The monoisotopic (exact) mass is 222 g/mol. The second kappa shape index (κ2) is 4.39. The Hall–Kier alpha value is -1.13. The number of aromatic nitrogens is 1. The molecule has 2 aromatic rings. The number of hydrogen-bond donors (Lipinski definition) is 0. The lowest BCUT2D eigenvalue weighted by atomic mass is 10.1. The largest absolute Gasteiger partial charge is 0.463 e. The van der Waals surface area contributed by atoms with E-state index >= 15 is 0 Å². The van der Waals surface area contributed by atoms with Crippen molar-refractivity contribution >= 4 is 23.0 Å². The molecule has 1 aromatic heterocycles. The summed E-state index contributed by atoms with van der Waals surface area (Å²) in [4.78, 5) is 4.21. The van der Waals surface area contributed by atoms with Gasteiger partial charge in [0.15, 0.2) is 0 Å². The summed E-state index contributed by atoms with van der Waals surface area (Å²) >= 11 is 2.18. The Morgan fingerprint density at radius 3 is 2.64 bits per heavy atom. The molecule has 4 heteroatoms. The van der Waals surface area contributed by atoms with Crippen LogP contribution in [0, 0.1) is 0 Å². The molecule has 0 aliphatic rings. The molecule has 0 amide bonds. The van der Waals surface area contributed by atoms with Gasteiger partial charge in [-0.15, -0.1) is 11.3 Å². The predicted molar refractivity (Wildman–Crippen MR) is 59.3 cm³/mol. The van der Waals surface area contributed by atoms with Crippen LogP contribution in [0.5, 0.6) is 0 Å². The molecule has 0 saturated heterocycles. The fourth-order valence-electron chi connectivity index (χ4n) is 1.19. The third-order valence-corrected chi connectivity index (χ3v) is 2.95. The quantitative estimate of drug-likeness (QED) is 0.747. The van der Waals surface area contributed by atoms with E-state index in [1.165, 1.54) is 0 Å². The van der Waals surface area contributed by atoms with Crippen molar-refractivity contribution in [2.24, 2.45) is 0 Å². The average Bonchev–Trinajstić information content (AvgIpc) is 2.72. The molecule has 0 bridgehead atoms. The normalized spacial score (nSPS) is 10.0. The van der Waals surface area contributed by atoms with Crippen LogP contribution in [0.1, 0.15) is 5.56 Å². The number of nitrogens with zero attached hydrogens (tertiary/aromatic N) is 1. The first-order valence-corrected chi connectivity index (χ1v) is 5.98. The summed E-state index contributed by atoms with van der Waals surface area (Å²) in [6.45, 7) is 0. The third-order valence-electron chi connectivity index (χ3n) is 1.91. The summed E-state index contributed by atoms with van der Waals surface area (Å²) in [5.74, 6) is 0.525. The first-order valence-electron chi connectivity index (χ1n) is 4.12. The first-order chi connectivity index (χ1) is 6.90. The zero-order valence-electron chi connectivity index (χ0n) is 7.34. The summed E-state index contributed by atoms with van der Waals surface area (Å²) in [7, 11) is 0. The van der Waals surface area contributed by atoms with Crippen LogP contribution in [0.3, 0.4) is 0 Å². The Labute approximate surface area is 90.1 Å². The number of hydrogen-bond acceptors (Lipinski definition) is 3. The highest BCUT2D eigenvalue weighted by Crippen LogP contribution is 2.19. The highest BCUT2D eigenvalue weighted by Gasteiger charge is 2.03. The van der Waals surface area contributed by atoms with Gasteiger partial charge in [-0.3, -0.25) is 0 Å². The van der Waals surface area contributed by atoms with Crippen LogP contribution in [0.2, 0.25) is 0 Å². The first kappa shape index (κ1) is 9.43. The van der Waals surface area contributed by atoms with Crippen molar-refractivity contribution in [3.05, 3.63) is 40.7 Å². The van der Waals surface area contributed by atoms with E-state index in [-0.39, 0.29) is 0 Å². The zero-order valence-corrected chi connectivity index (χ0v) is 8.98. The van der Waals surface area contributed by atoms with E-state index in [2.05, 4.69) is 4.98 Å². The molecule has 1 aromatic carbocycles. The van der Waals surface area contributed by atoms with E-state index in [4.69, 9.17) is 0 Å². The number of benzene rings is 1. The highest BCUT2D eigenvalue weighted by molar-refractivity contribution is 7.64. The molecule has 2 nitrogen and oxygen atoms in total. The molecule has 0 radical (unpaired) electrons. The summed E-state index contributed by atoms with van der Waals surface area (Å²) in [6, 6.07) is 7.94. The van der Waals surface area contributed by atoms with Gasteiger partial charge in [-0.1, -0.05) is 24.3 Å². The Morgan fingerprint density at radius 2 is 2.07 bits per heavy atom. The second-order valence-electron chi connectivity index (χ2n) is 2.83. The van der Waals surface area contributed by atoms with Crippen molar-refractivity contribution in [2.45, 2.75) is 5.75 Å². The van der Waals surface area contributed by atoms with Gasteiger partial charge in [0.2, 0.25) is 0 Å². The lowest BCUT2D eigenvalue weighted by Crippen LogP contribution is -1.82. The second-order valence-corrected chi connectivity index (χ2v) is 4.08. The molecule has 14 heavy (non-hydrogen) atoms. The van der Waals surface area contributed by atoms with Crippen molar-refractivity contribution in [1.82, 2.24) is 4.98 Å². The van der Waals surface area contributed by atoms with Crippen LogP contribution in [-0.2, 0) is 21.6 Å². The Balaban J connectivity index is 2.26. The van der Waals surface area contributed by atoms with Crippen molar-refractivity contribution in [1.29, 1.82) is 0 Å². The minimum absolute atomic E-state index is 0.525. The minimum atomic E-state index is 0.525. The molecule has 1 heterocycles. The van der Waals surface area contributed by atoms with Gasteiger partial charge in [0, 0.05) is 20.7 Å². The van der Waals surface area contributed by atoms with Gasteiger partial charge in [-0.25, -0.2) is 4.98 Å². The fourth-order valence-corrected chi connectivity index (χ4v) is 2.08. The topological polar surface area (TPSA) is 30.0 Å². The van der Waals surface area contributed by atoms with Gasteiger partial charge in [0.05, 0.1) is 11.2 Å². The van der Waals surface area contributed by atoms with Crippen molar-refractivity contribution in [2.75, 3.05) is 0 Å². The van der Waals surface area contributed by atoms with Gasteiger partial charge >= 0.3 is 11.7 Å². The fraction of sp³-hybridized carbons (Fsp3) is 0.100. The van der Waals surface area contributed by atoms with Crippen molar-refractivity contribution < 1.29 is 4.21 Å². The number of thiazole rings is 1. The third kappa shape index (κ3) is 2.02. The molecular weight excluding hydrogens is 214 g/mol. The summed E-state index contributed by atoms with van der Waals surface area (Å²) in [6.07, 6.45) is 0. The number of rotatable bonds is 3. The van der Waals surface area contributed by atoms with Crippen molar-refractivity contribution in [3.63, 3.8) is 0 Å². The van der Waals surface area contributed by atoms with E-state index in [9.17, 15) is 4.21 Å². The molecule has 0 fully saturated rings. The summed E-state index contributed by atoms with van der Waals surface area (Å²) in [5.41, 5.74) is 4.97. The van der Waals surface area contributed by atoms with E-state index < -0.39 is 0 Å². The van der Waals surface area contributed by atoms with E-state index in [1.54, 1.807) is 11.3 Å². The molecule has 0 atom stereocenters. The van der Waals surface area contributed by atoms with Gasteiger partial charge in [0.1, 0.15) is 0 Å². The van der Waals surface area contributed by atoms with Gasteiger partial charge in [-0.2, -0.15) is 0 Å². The molecule has 0 spiro atoms. The maximum Gasteiger partial charge on any atom is 0.463 e. The van der Waals surface area contributed by atoms with Crippen LogP contribution in [0.4, 0.5) is 0 Å². The van der Waals surface area contributed by atoms with Crippen LogP contribution < -0.4 is 0 Å². The highest BCUT2D eigenvalue weighted by atomic mass is 32.1. The van der Waals surface area contributed by atoms with Gasteiger partial charge in [0.25, 0.3) is 5.75 Å². The molecule has 0 aliphatic heterocycles. The molecule has 0 N–H and O–H groups in total. The van der Waals surface area contributed by atoms with Crippen LogP contribution in [0.15, 0.2) is 35.2 Å². The smallest absolute Gasteiger partial charge is 0.245 e. The van der Waals surface area contributed by atoms with Crippen LogP contribution in [0.25, 0.3) is 11.3 Å². The maximum atomic E-state index is 10.3. The van der Waals surface area contributed by atoms with Gasteiger partial charge in [-0.05, 0) is 0 Å². The Morgan fingerprint density at radius 1 is 1.29 bits per heavy atom. The summed E-state index contributed by atoms with van der Waals surface area (Å²) < 4.78 is 10.3. The van der Waals surface area contributed by atoms with E-state index in [0.29, 0.717) is 17.4 Å². The lowest BCUT2D eigenvalue weighted by Gasteiger charge is -1.95. The van der Waals surface area contributed by atoms with Crippen molar-refractivity contribution in [3.8, 4) is 11.3 Å². The van der Waals surface area contributed by atoms with E-state index in [1.807, 2.05) is 35.2 Å². The van der Waals surface area contributed by atoms with Crippen LogP contribution in [-0.4, -0.2) is 4.98 Å². The molecular formula is C10H8NOS2+. The SMILES string of the molecule is O=[S+]Cc1ccc(-c2cscn2)cc1. The van der Waals surface area contributed by atoms with Gasteiger partial charge < -0.3 is 0 Å². The summed E-state index contributed by atoms with van der Waals surface area (Å²) in [5, 5.41) is 2.01. The predicted octanol–water partition coefficient (Wildman–Crippen LogP) is 2.74. The maximum absolute atomic E-state index is 10.3. The standard InChI is InChI=1S/C10H8NOS2/c12-14-5-8-1-3-9(4-2-8)10-6-13-7-11-10/h1-4,6-7H,5H2/q+1. The zero-order chi connectivity index (χ0) is 9.80. The minimum Gasteiger partial charge on any atom is -0.245 e. The lowest BCUT2D eigenvalue weighted by molar-refractivity contribution is 0.604. The molecule has 0 unspecified atom stereocenters. The Bertz CT molecular complexity index is 408. The average molecular weight is 222 g/mol. The van der Waals surface area contributed by atoms with E-state index in [0.717, 1.165) is 16.8 Å².